The Kier molecular flexibility index (Phi) is 4.00. The Morgan fingerprint density at radius 2 is 1.95 bits per heavy atom. The van der Waals surface area contributed by atoms with Crippen molar-refractivity contribution >= 4 is 57.0 Å². The molecule has 1 heterocycles. The zero-order valence-corrected chi connectivity index (χ0v) is 13.4. The van der Waals surface area contributed by atoms with Gasteiger partial charge >= 0.3 is 5.97 Å². The first kappa shape index (κ1) is 14.8. The molecule has 3 nitrogen and oxygen atoms in total. The third kappa shape index (κ3) is 2.53. The summed E-state index contributed by atoms with van der Waals surface area (Å²) in [5.74, 6) is -0.521. The van der Waals surface area contributed by atoms with Gasteiger partial charge in [0.15, 0.2) is 4.71 Å². The Hall–Kier alpha value is -2.11. The highest BCUT2D eigenvalue weighted by Gasteiger charge is 2.17. The first-order chi connectivity index (χ1) is 10.6. The topological polar surface area (TPSA) is 39.4 Å². The largest absolute Gasteiger partial charge is 0.462 e. The Morgan fingerprint density at radius 3 is 2.73 bits per heavy atom. The summed E-state index contributed by atoms with van der Waals surface area (Å²) in [6.45, 7) is 2.02. The van der Waals surface area contributed by atoms with Crippen molar-refractivity contribution in [3.05, 3.63) is 52.7 Å². The number of ether oxygens (including phenoxy) is 1. The van der Waals surface area contributed by atoms with Crippen molar-refractivity contribution < 1.29 is 13.9 Å². The van der Waals surface area contributed by atoms with Gasteiger partial charge in [-0.2, -0.15) is 0 Å². The summed E-state index contributed by atoms with van der Waals surface area (Å²) in [4.78, 5) is 12.0. The molecule has 3 rings (SSSR count). The monoisotopic (exact) mass is 328 g/mol. The fourth-order valence-electron chi connectivity index (χ4n) is 2.39. The average molecular weight is 328 g/mol. The highest BCUT2D eigenvalue weighted by molar-refractivity contribution is 7.82. The average Bonchev–Trinajstić information content (AvgIpc) is 2.53. The van der Waals surface area contributed by atoms with Crippen LogP contribution < -0.4 is 0 Å². The van der Waals surface area contributed by atoms with E-state index in [0.29, 0.717) is 11.1 Å². The molecule has 3 aromatic rings. The van der Waals surface area contributed by atoms with Gasteiger partial charge in [0.2, 0.25) is 0 Å². The zero-order chi connectivity index (χ0) is 15.7. The third-order valence-corrected chi connectivity index (χ3v) is 3.93. The third-order valence-electron chi connectivity index (χ3n) is 3.34. The molecule has 110 valence electrons. The van der Waals surface area contributed by atoms with Crippen molar-refractivity contribution in [2.75, 3.05) is 6.61 Å². The summed E-state index contributed by atoms with van der Waals surface area (Å²) >= 11 is 10.4. The number of hydrogen-bond acceptors (Lipinski definition) is 5. The van der Waals surface area contributed by atoms with E-state index >= 15 is 0 Å². The van der Waals surface area contributed by atoms with Gasteiger partial charge in [-0.15, -0.1) is 0 Å². The van der Waals surface area contributed by atoms with Gasteiger partial charge < -0.3 is 9.15 Å². The van der Waals surface area contributed by atoms with Gasteiger partial charge in [0.05, 0.1) is 6.61 Å². The molecular weight excluding hydrogens is 316 g/mol. The van der Waals surface area contributed by atoms with Crippen LogP contribution in [0.2, 0.25) is 0 Å². The van der Waals surface area contributed by atoms with Gasteiger partial charge in [0, 0.05) is 22.4 Å². The Morgan fingerprint density at radius 1 is 1.18 bits per heavy atom. The van der Waals surface area contributed by atoms with Crippen molar-refractivity contribution in [2.45, 2.75) is 6.92 Å². The lowest BCUT2D eigenvalue weighted by molar-refractivity contribution is -0.134. The number of hydrogen-bond donors (Lipinski definition) is 0. The van der Waals surface area contributed by atoms with E-state index in [-0.39, 0.29) is 16.2 Å². The van der Waals surface area contributed by atoms with Gasteiger partial charge in [-0.25, -0.2) is 4.79 Å². The maximum atomic E-state index is 11.9. The summed E-state index contributed by atoms with van der Waals surface area (Å²) in [5.41, 5.74) is 1.21. The Bertz CT molecular complexity index is 957. The summed E-state index contributed by atoms with van der Waals surface area (Å²) in [6.07, 6.45) is 0. The van der Waals surface area contributed by atoms with Crippen LogP contribution in [0.25, 0.3) is 21.7 Å². The molecule has 5 heteroatoms. The number of esters is 1. The molecular formula is C17H12O3S2. The van der Waals surface area contributed by atoms with Crippen molar-refractivity contribution in [1.29, 1.82) is 0 Å². The second kappa shape index (κ2) is 5.94. The van der Waals surface area contributed by atoms with Gasteiger partial charge in [-0.1, -0.05) is 42.5 Å². The number of carbonyl (C=O) groups excluding carboxylic acids is 1. The summed E-state index contributed by atoms with van der Waals surface area (Å²) in [6, 6.07) is 13.3. The lowest BCUT2D eigenvalue weighted by Crippen LogP contribution is -2.16. The molecule has 0 aliphatic heterocycles. The highest BCUT2D eigenvalue weighted by Crippen LogP contribution is 2.28. The molecule has 0 spiro atoms. The van der Waals surface area contributed by atoms with E-state index in [4.69, 9.17) is 33.6 Å². The minimum Gasteiger partial charge on any atom is -0.462 e. The van der Waals surface area contributed by atoms with Gasteiger partial charge in [-0.05, 0) is 30.6 Å². The quantitative estimate of drug-likeness (QED) is 0.304. The lowest BCUT2D eigenvalue weighted by Gasteiger charge is -2.09. The number of rotatable bonds is 3. The van der Waals surface area contributed by atoms with Crippen LogP contribution >= 0.6 is 24.4 Å². The second-order valence-corrected chi connectivity index (χ2v) is 5.50. The second-order valence-electron chi connectivity index (χ2n) is 4.69. The van der Waals surface area contributed by atoms with Crippen LogP contribution in [0, 0.1) is 4.71 Å². The van der Waals surface area contributed by atoms with Gasteiger partial charge in [0.1, 0.15) is 10.4 Å². The predicted molar refractivity (Wildman–Crippen MR) is 92.9 cm³/mol. The smallest absolute Gasteiger partial charge is 0.349 e. The number of benzene rings is 2. The molecule has 1 aromatic heterocycles. The fourth-order valence-corrected chi connectivity index (χ4v) is 2.81. The van der Waals surface area contributed by atoms with E-state index in [1.54, 1.807) is 13.0 Å². The minimum atomic E-state index is -0.521. The first-order valence-electron chi connectivity index (χ1n) is 6.79. The first-order valence-corrected chi connectivity index (χ1v) is 7.60. The zero-order valence-electron chi connectivity index (χ0n) is 11.8. The van der Waals surface area contributed by atoms with Crippen LogP contribution in [-0.4, -0.2) is 17.4 Å². The van der Waals surface area contributed by atoms with Crippen molar-refractivity contribution in [1.82, 2.24) is 0 Å². The van der Waals surface area contributed by atoms with Crippen molar-refractivity contribution in [3.63, 3.8) is 0 Å². The molecule has 2 aromatic carbocycles. The van der Waals surface area contributed by atoms with Crippen molar-refractivity contribution in [2.24, 2.45) is 0 Å². The van der Waals surface area contributed by atoms with Gasteiger partial charge in [0.25, 0.3) is 0 Å². The van der Waals surface area contributed by atoms with E-state index in [1.165, 1.54) is 0 Å². The molecule has 0 atom stereocenters. The molecule has 0 radical (unpaired) electrons. The molecule has 0 unspecified atom stereocenters. The molecule has 22 heavy (non-hydrogen) atoms. The molecule has 0 saturated carbocycles. The van der Waals surface area contributed by atoms with Crippen LogP contribution in [0.1, 0.15) is 12.5 Å². The molecule has 0 amide bonds. The molecule has 0 saturated heterocycles. The molecule has 0 fully saturated rings. The lowest BCUT2D eigenvalue weighted by atomic mass is 10.0. The Labute approximate surface area is 137 Å². The van der Waals surface area contributed by atoms with E-state index in [9.17, 15) is 4.79 Å². The van der Waals surface area contributed by atoms with Gasteiger partial charge in [-0.3, -0.25) is 0 Å². The van der Waals surface area contributed by atoms with Crippen LogP contribution in [0.3, 0.4) is 0 Å². The summed E-state index contributed by atoms with van der Waals surface area (Å²) in [7, 11) is 0. The van der Waals surface area contributed by atoms with Crippen LogP contribution in [-0.2, 0) is 9.53 Å². The minimum absolute atomic E-state index is 0.115. The normalized spacial score (nSPS) is 10.8. The van der Waals surface area contributed by atoms with E-state index in [1.807, 2.05) is 36.4 Å². The fraction of sp³-hybridized carbons (Fsp3) is 0.118. The Balaban J connectivity index is 2.32. The molecule has 0 bridgehead atoms. The maximum Gasteiger partial charge on any atom is 0.349 e. The van der Waals surface area contributed by atoms with Crippen LogP contribution in [0.5, 0.6) is 0 Å². The van der Waals surface area contributed by atoms with E-state index in [2.05, 4.69) is 0 Å². The highest BCUT2D eigenvalue weighted by atomic mass is 32.1. The summed E-state index contributed by atoms with van der Waals surface area (Å²) < 4.78 is 11.0. The summed E-state index contributed by atoms with van der Waals surface area (Å²) in [5, 5.41) is 2.72. The maximum absolute atomic E-state index is 11.9. The molecule has 0 aliphatic rings. The standard InChI is InChI=1S/C17H12O3S2/c1-2-19-17(18)16(22)13-9-14(21)20-15-11-6-4-3-5-10(11)7-8-12(13)15/h3-9H,2H2,1H3. The van der Waals surface area contributed by atoms with E-state index in [0.717, 1.165) is 16.2 Å². The van der Waals surface area contributed by atoms with Crippen LogP contribution in [0.15, 0.2) is 46.9 Å². The SMILES string of the molecule is CCOC(=O)C(=S)c1cc(=S)oc2c1ccc1ccccc12. The number of fused-ring (bicyclic) bond motifs is 3. The number of thiocarbonyl (C=S) groups is 1. The van der Waals surface area contributed by atoms with Crippen molar-refractivity contribution in [3.8, 4) is 0 Å². The van der Waals surface area contributed by atoms with E-state index < -0.39 is 5.97 Å². The molecule has 0 N–H and O–H groups in total. The molecule has 0 aliphatic carbocycles. The predicted octanol–water partition coefficient (Wildman–Crippen LogP) is 4.60. The van der Waals surface area contributed by atoms with Crippen LogP contribution in [0.4, 0.5) is 0 Å². The number of carbonyl (C=O) groups is 1.